The quantitative estimate of drug-likeness (QED) is 0.800. The number of amides is 1. The van der Waals surface area contributed by atoms with E-state index in [-0.39, 0.29) is 15.5 Å². The lowest BCUT2D eigenvalue weighted by Crippen LogP contribution is -2.26. The highest BCUT2D eigenvalue weighted by atomic mass is 35.5. The molecule has 2 rings (SSSR count). The molecule has 0 saturated carbocycles. The highest BCUT2D eigenvalue weighted by Crippen LogP contribution is 2.26. The second-order valence-corrected chi connectivity index (χ2v) is 7.47. The Labute approximate surface area is 150 Å². The minimum absolute atomic E-state index is 0.0431. The molecule has 1 amide bonds. The standard InChI is InChI=1S/C16H16ClFN2O4S/c1-10-8-12(18)5-7-14(10)19-16(21)11-4-6-13(17)15(9-11)25(22,23)20(2)24-3/h4-9H,1-3H3,(H,19,21). The highest BCUT2D eigenvalue weighted by Gasteiger charge is 2.25. The van der Waals surface area contributed by atoms with E-state index in [1.165, 1.54) is 44.5 Å². The first kappa shape index (κ1) is 19.3. The van der Waals surface area contributed by atoms with E-state index >= 15 is 0 Å². The Morgan fingerprint density at radius 2 is 1.92 bits per heavy atom. The lowest BCUT2D eigenvalue weighted by atomic mass is 10.1. The van der Waals surface area contributed by atoms with Crippen LogP contribution in [-0.2, 0) is 14.9 Å². The van der Waals surface area contributed by atoms with E-state index in [0.717, 1.165) is 6.07 Å². The van der Waals surface area contributed by atoms with Crippen molar-refractivity contribution in [1.29, 1.82) is 0 Å². The first-order valence-corrected chi connectivity index (χ1v) is 8.88. The molecule has 1 N–H and O–H groups in total. The van der Waals surface area contributed by atoms with Crippen molar-refractivity contribution in [3.05, 3.63) is 58.4 Å². The van der Waals surface area contributed by atoms with Crippen molar-refractivity contribution >= 4 is 33.2 Å². The predicted octanol–water partition coefficient (Wildman–Crippen LogP) is 3.22. The van der Waals surface area contributed by atoms with Crippen LogP contribution in [-0.4, -0.2) is 33.0 Å². The van der Waals surface area contributed by atoms with Crippen LogP contribution in [0.15, 0.2) is 41.3 Å². The van der Waals surface area contributed by atoms with Gasteiger partial charge >= 0.3 is 0 Å². The highest BCUT2D eigenvalue weighted by molar-refractivity contribution is 7.89. The van der Waals surface area contributed by atoms with Crippen LogP contribution < -0.4 is 5.32 Å². The van der Waals surface area contributed by atoms with Crippen molar-refractivity contribution in [2.24, 2.45) is 0 Å². The van der Waals surface area contributed by atoms with Crippen LogP contribution in [0.1, 0.15) is 15.9 Å². The van der Waals surface area contributed by atoms with Crippen molar-refractivity contribution in [2.45, 2.75) is 11.8 Å². The number of benzene rings is 2. The maximum absolute atomic E-state index is 13.1. The third-order valence-electron chi connectivity index (χ3n) is 3.50. The molecule has 0 aliphatic carbocycles. The molecule has 6 nitrogen and oxygen atoms in total. The van der Waals surface area contributed by atoms with Gasteiger partial charge in [0.15, 0.2) is 0 Å². The van der Waals surface area contributed by atoms with Crippen LogP contribution in [0.2, 0.25) is 5.02 Å². The SMILES string of the molecule is CON(C)S(=O)(=O)c1cc(C(=O)Nc2ccc(F)cc2C)ccc1Cl. The maximum atomic E-state index is 13.1. The zero-order chi connectivity index (χ0) is 18.8. The molecule has 0 fully saturated rings. The molecule has 0 heterocycles. The van der Waals surface area contributed by atoms with Crippen molar-refractivity contribution in [3.8, 4) is 0 Å². The summed E-state index contributed by atoms with van der Waals surface area (Å²) in [6.45, 7) is 1.64. The lowest BCUT2D eigenvalue weighted by Gasteiger charge is -2.16. The zero-order valence-electron chi connectivity index (χ0n) is 13.7. The molecule has 0 aliphatic heterocycles. The molecule has 0 unspecified atom stereocenters. The molecule has 25 heavy (non-hydrogen) atoms. The Morgan fingerprint density at radius 3 is 2.52 bits per heavy atom. The number of carbonyl (C=O) groups is 1. The molecule has 0 spiro atoms. The normalized spacial score (nSPS) is 11.6. The summed E-state index contributed by atoms with van der Waals surface area (Å²) in [6.07, 6.45) is 0. The van der Waals surface area contributed by atoms with E-state index in [4.69, 9.17) is 16.4 Å². The number of hydrogen-bond donors (Lipinski definition) is 1. The van der Waals surface area contributed by atoms with Gasteiger partial charge in [0.05, 0.1) is 12.1 Å². The molecule has 0 atom stereocenters. The van der Waals surface area contributed by atoms with Crippen molar-refractivity contribution in [3.63, 3.8) is 0 Å². The summed E-state index contributed by atoms with van der Waals surface area (Å²) in [4.78, 5) is 16.8. The van der Waals surface area contributed by atoms with Crippen LogP contribution in [0.5, 0.6) is 0 Å². The van der Waals surface area contributed by atoms with Gasteiger partial charge < -0.3 is 5.32 Å². The number of hydroxylamine groups is 1. The predicted molar refractivity (Wildman–Crippen MR) is 92.5 cm³/mol. The summed E-state index contributed by atoms with van der Waals surface area (Å²) in [5, 5.41) is 2.56. The van der Waals surface area contributed by atoms with Crippen LogP contribution in [0.4, 0.5) is 10.1 Å². The molecular formula is C16H16ClFN2O4S. The monoisotopic (exact) mass is 386 g/mol. The van der Waals surface area contributed by atoms with E-state index in [9.17, 15) is 17.6 Å². The van der Waals surface area contributed by atoms with Gasteiger partial charge in [-0.05, 0) is 48.9 Å². The number of halogens is 2. The van der Waals surface area contributed by atoms with Gasteiger partial charge in [-0.25, -0.2) is 12.8 Å². The molecule has 0 saturated heterocycles. The third-order valence-corrected chi connectivity index (χ3v) is 5.66. The molecule has 0 radical (unpaired) electrons. The molecule has 0 aliphatic rings. The summed E-state index contributed by atoms with van der Waals surface area (Å²) < 4.78 is 38.5. The Bertz CT molecular complexity index is 918. The minimum Gasteiger partial charge on any atom is -0.322 e. The molecule has 134 valence electrons. The van der Waals surface area contributed by atoms with Gasteiger partial charge in [0.1, 0.15) is 10.7 Å². The summed E-state index contributed by atoms with van der Waals surface area (Å²) in [5.41, 5.74) is 1.03. The second-order valence-electron chi connectivity index (χ2n) is 5.16. The number of aryl methyl sites for hydroxylation is 1. The fourth-order valence-electron chi connectivity index (χ4n) is 2.04. The Hall–Kier alpha value is -2.00. The van der Waals surface area contributed by atoms with Gasteiger partial charge in [-0.15, -0.1) is 0 Å². The van der Waals surface area contributed by atoms with Crippen molar-refractivity contribution in [2.75, 3.05) is 19.5 Å². The van der Waals surface area contributed by atoms with Crippen LogP contribution >= 0.6 is 11.6 Å². The van der Waals surface area contributed by atoms with Crippen LogP contribution in [0, 0.1) is 12.7 Å². The number of rotatable bonds is 5. The van der Waals surface area contributed by atoms with Crippen LogP contribution in [0.3, 0.4) is 0 Å². The van der Waals surface area contributed by atoms with Gasteiger partial charge in [-0.3, -0.25) is 9.63 Å². The Kier molecular flexibility index (Phi) is 5.79. The van der Waals surface area contributed by atoms with Crippen LogP contribution in [0.25, 0.3) is 0 Å². The molecule has 9 heteroatoms. The molecule has 2 aromatic carbocycles. The molecule has 0 aromatic heterocycles. The minimum atomic E-state index is -4.01. The number of nitrogens with zero attached hydrogens (tertiary/aromatic N) is 1. The number of sulfonamides is 1. The fraction of sp³-hybridized carbons (Fsp3) is 0.188. The van der Waals surface area contributed by atoms with Crippen molar-refractivity contribution in [1.82, 2.24) is 4.47 Å². The summed E-state index contributed by atoms with van der Waals surface area (Å²) in [6, 6.07) is 7.78. The summed E-state index contributed by atoms with van der Waals surface area (Å²) >= 11 is 5.95. The Balaban J connectivity index is 2.37. The summed E-state index contributed by atoms with van der Waals surface area (Å²) in [7, 11) is -1.61. The molecule has 0 bridgehead atoms. The fourth-order valence-corrected chi connectivity index (χ4v) is 3.51. The van der Waals surface area contributed by atoms with Gasteiger partial charge in [0, 0.05) is 18.3 Å². The second kappa shape index (κ2) is 7.49. The topological polar surface area (TPSA) is 75.7 Å². The van der Waals surface area contributed by atoms with E-state index in [2.05, 4.69) is 5.32 Å². The zero-order valence-corrected chi connectivity index (χ0v) is 15.3. The average Bonchev–Trinajstić information content (AvgIpc) is 2.56. The molecular weight excluding hydrogens is 371 g/mol. The van der Waals surface area contributed by atoms with Gasteiger partial charge in [0.2, 0.25) is 0 Å². The van der Waals surface area contributed by atoms with Gasteiger partial charge in [0.25, 0.3) is 15.9 Å². The summed E-state index contributed by atoms with van der Waals surface area (Å²) in [5.74, 6) is -0.971. The largest absolute Gasteiger partial charge is 0.322 e. The van der Waals surface area contributed by atoms with E-state index in [1.807, 2.05) is 0 Å². The first-order chi connectivity index (χ1) is 11.7. The number of nitrogens with one attached hydrogen (secondary N) is 1. The van der Waals surface area contributed by atoms with E-state index in [0.29, 0.717) is 15.7 Å². The van der Waals surface area contributed by atoms with Gasteiger partial charge in [-0.1, -0.05) is 16.1 Å². The number of hydrogen-bond acceptors (Lipinski definition) is 4. The smallest absolute Gasteiger partial charge is 0.266 e. The maximum Gasteiger partial charge on any atom is 0.266 e. The van der Waals surface area contributed by atoms with Gasteiger partial charge in [-0.2, -0.15) is 0 Å². The lowest BCUT2D eigenvalue weighted by molar-refractivity contribution is -0.0258. The third kappa shape index (κ3) is 4.16. The number of anilines is 1. The molecule has 2 aromatic rings. The van der Waals surface area contributed by atoms with E-state index < -0.39 is 21.7 Å². The number of carbonyl (C=O) groups excluding carboxylic acids is 1. The first-order valence-electron chi connectivity index (χ1n) is 7.07. The van der Waals surface area contributed by atoms with Crippen molar-refractivity contribution < 1.29 is 22.4 Å². The Morgan fingerprint density at radius 1 is 1.24 bits per heavy atom. The average molecular weight is 387 g/mol. The van der Waals surface area contributed by atoms with E-state index in [1.54, 1.807) is 6.92 Å².